The fourth-order valence-corrected chi connectivity index (χ4v) is 1.83. The molecule has 4 nitrogen and oxygen atoms in total. The standard InChI is InChI=1S/C13H14N2O2/c1-8-10(13(14)16)7-11(15-8)9-5-3-4-6-12(9)17-2/h3-7,15H,1-2H3,(H2,14,16). The first-order valence-electron chi connectivity index (χ1n) is 5.26. The van der Waals surface area contributed by atoms with E-state index in [1.165, 1.54) is 0 Å². The number of nitrogens with one attached hydrogen (secondary N) is 1. The molecule has 0 bridgehead atoms. The molecule has 17 heavy (non-hydrogen) atoms. The Morgan fingerprint density at radius 3 is 2.65 bits per heavy atom. The largest absolute Gasteiger partial charge is 0.496 e. The van der Waals surface area contributed by atoms with Crippen LogP contribution in [0.4, 0.5) is 0 Å². The summed E-state index contributed by atoms with van der Waals surface area (Å²) in [5.74, 6) is 0.324. The van der Waals surface area contributed by atoms with Crippen LogP contribution >= 0.6 is 0 Å². The maximum absolute atomic E-state index is 11.2. The molecule has 2 rings (SSSR count). The van der Waals surface area contributed by atoms with Crippen LogP contribution < -0.4 is 10.5 Å². The van der Waals surface area contributed by atoms with Crippen molar-refractivity contribution in [1.82, 2.24) is 4.98 Å². The topological polar surface area (TPSA) is 68.1 Å². The number of carbonyl (C=O) groups excluding carboxylic acids is 1. The summed E-state index contributed by atoms with van der Waals surface area (Å²) < 4.78 is 5.27. The molecule has 4 heteroatoms. The number of aromatic amines is 1. The summed E-state index contributed by atoms with van der Waals surface area (Å²) in [6.45, 7) is 1.82. The number of primary amides is 1. The molecule has 0 saturated carbocycles. The summed E-state index contributed by atoms with van der Waals surface area (Å²) in [4.78, 5) is 14.3. The predicted molar refractivity (Wildman–Crippen MR) is 66.0 cm³/mol. The maximum Gasteiger partial charge on any atom is 0.250 e. The third-order valence-corrected chi connectivity index (χ3v) is 2.68. The Balaban J connectivity index is 2.53. The number of aromatic nitrogens is 1. The van der Waals surface area contributed by atoms with E-state index >= 15 is 0 Å². The van der Waals surface area contributed by atoms with Crippen LogP contribution in [0, 0.1) is 6.92 Å². The summed E-state index contributed by atoms with van der Waals surface area (Å²) >= 11 is 0. The van der Waals surface area contributed by atoms with Crippen LogP contribution in [0.15, 0.2) is 30.3 Å². The monoisotopic (exact) mass is 230 g/mol. The molecule has 0 spiro atoms. The minimum atomic E-state index is -0.431. The molecular weight excluding hydrogens is 216 g/mol. The van der Waals surface area contributed by atoms with Crippen molar-refractivity contribution in [1.29, 1.82) is 0 Å². The van der Waals surface area contributed by atoms with Crippen LogP contribution in [0.25, 0.3) is 11.3 Å². The lowest BCUT2D eigenvalue weighted by Crippen LogP contribution is -2.10. The summed E-state index contributed by atoms with van der Waals surface area (Å²) in [5, 5.41) is 0. The Kier molecular flexibility index (Phi) is 2.87. The highest BCUT2D eigenvalue weighted by molar-refractivity contribution is 5.95. The number of benzene rings is 1. The van der Waals surface area contributed by atoms with Crippen molar-refractivity contribution in [2.24, 2.45) is 5.73 Å². The Labute approximate surface area is 99.4 Å². The molecule has 88 valence electrons. The van der Waals surface area contributed by atoms with Gasteiger partial charge in [-0.15, -0.1) is 0 Å². The first-order chi connectivity index (χ1) is 8.13. The predicted octanol–water partition coefficient (Wildman–Crippen LogP) is 2.10. The van der Waals surface area contributed by atoms with E-state index in [1.54, 1.807) is 13.2 Å². The van der Waals surface area contributed by atoms with Gasteiger partial charge >= 0.3 is 0 Å². The zero-order chi connectivity index (χ0) is 12.4. The van der Waals surface area contributed by atoms with E-state index in [0.29, 0.717) is 5.56 Å². The molecule has 0 unspecified atom stereocenters. The molecule has 1 aromatic heterocycles. The third-order valence-electron chi connectivity index (χ3n) is 2.68. The highest BCUT2D eigenvalue weighted by Crippen LogP contribution is 2.29. The molecule has 0 aliphatic heterocycles. The van der Waals surface area contributed by atoms with Gasteiger partial charge in [0.2, 0.25) is 0 Å². The van der Waals surface area contributed by atoms with Crippen molar-refractivity contribution < 1.29 is 9.53 Å². The second-order valence-corrected chi connectivity index (χ2v) is 3.79. The molecule has 0 fully saturated rings. The zero-order valence-electron chi connectivity index (χ0n) is 9.78. The van der Waals surface area contributed by atoms with Gasteiger partial charge in [0.1, 0.15) is 5.75 Å². The second kappa shape index (κ2) is 4.33. The number of rotatable bonds is 3. The smallest absolute Gasteiger partial charge is 0.250 e. The number of aryl methyl sites for hydroxylation is 1. The van der Waals surface area contributed by atoms with Crippen LogP contribution in [-0.4, -0.2) is 18.0 Å². The fourth-order valence-electron chi connectivity index (χ4n) is 1.83. The van der Waals surface area contributed by atoms with Crippen molar-refractivity contribution >= 4 is 5.91 Å². The molecule has 1 heterocycles. The van der Waals surface area contributed by atoms with E-state index in [-0.39, 0.29) is 0 Å². The number of carbonyl (C=O) groups is 1. The Bertz CT molecular complexity index is 558. The van der Waals surface area contributed by atoms with Crippen molar-refractivity contribution in [2.45, 2.75) is 6.92 Å². The lowest BCUT2D eigenvalue weighted by Gasteiger charge is -2.05. The average molecular weight is 230 g/mol. The Hall–Kier alpha value is -2.23. The molecule has 0 saturated heterocycles. The summed E-state index contributed by atoms with van der Waals surface area (Å²) in [6.07, 6.45) is 0. The van der Waals surface area contributed by atoms with Crippen LogP contribution in [0.3, 0.4) is 0 Å². The molecule has 1 amide bonds. The van der Waals surface area contributed by atoms with E-state index in [4.69, 9.17) is 10.5 Å². The number of amides is 1. The van der Waals surface area contributed by atoms with Crippen molar-refractivity contribution in [3.63, 3.8) is 0 Å². The average Bonchev–Trinajstić information content (AvgIpc) is 2.71. The zero-order valence-corrected chi connectivity index (χ0v) is 9.78. The maximum atomic E-state index is 11.2. The number of para-hydroxylation sites is 1. The quantitative estimate of drug-likeness (QED) is 0.847. The molecule has 0 aliphatic carbocycles. The molecule has 0 atom stereocenters. The van der Waals surface area contributed by atoms with Gasteiger partial charge < -0.3 is 15.5 Å². The van der Waals surface area contributed by atoms with Crippen LogP contribution in [0.5, 0.6) is 5.75 Å². The second-order valence-electron chi connectivity index (χ2n) is 3.79. The number of methoxy groups -OCH3 is 1. The highest BCUT2D eigenvalue weighted by Gasteiger charge is 2.12. The van der Waals surface area contributed by atoms with Gasteiger partial charge in [-0.1, -0.05) is 12.1 Å². The minimum absolute atomic E-state index is 0.431. The van der Waals surface area contributed by atoms with Crippen LogP contribution in [0.2, 0.25) is 0 Å². The highest BCUT2D eigenvalue weighted by atomic mass is 16.5. The third kappa shape index (κ3) is 2.01. The van der Waals surface area contributed by atoms with Gasteiger partial charge in [-0.3, -0.25) is 4.79 Å². The van der Waals surface area contributed by atoms with Gasteiger partial charge in [0.05, 0.1) is 18.4 Å². The van der Waals surface area contributed by atoms with Crippen LogP contribution in [0.1, 0.15) is 16.1 Å². The summed E-state index contributed by atoms with van der Waals surface area (Å²) in [6, 6.07) is 9.35. The molecular formula is C13H14N2O2. The van der Waals surface area contributed by atoms with Gasteiger partial charge in [-0.05, 0) is 25.1 Å². The van der Waals surface area contributed by atoms with E-state index in [9.17, 15) is 4.79 Å². The van der Waals surface area contributed by atoms with Gasteiger partial charge in [-0.25, -0.2) is 0 Å². The molecule has 0 radical (unpaired) electrons. The first kappa shape index (κ1) is 11.3. The van der Waals surface area contributed by atoms with Crippen molar-refractivity contribution in [2.75, 3.05) is 7.11 Å². The van der Waals surface area contributed by atoms with Gasteiger partial charge in [0.25, 0.3) is 5.91 Å². The van der Waals surface area contributed by atoms with Crippen molar-refractivity contribution in [3.05, 3.63) is 41.6 Å². The fraction of sp³-hybridized carbons (Fsp3) is 0.154. The number of ether oxygens (including phenoxy) is 1. The molecule has 3 N–H and O–H groups in total. The summed E-state index contributed by atoms with van der Waals surface area (Å²) in [5.41, 5.74) is 8.29. The summed E-state index contributed by atoms with van der Waals surface area (Å²) in [7, 11) is 1.61. The Morgan fingerprint density at radius 2 is 2.06 bits per heavy atom. The minimum Gasteiger partial charge on any atom is -0.496 e. The van der Waals surface area contributed by atoms with Gasteiger partial charge in [0, 0.05) is 11.3 Å². The van der Waals surface area contributed by atoms with Crippen LogP contribution in [-0.2, 0) is 0 Å². The van der Waals surface area contributed by atoms with Gasteiger partial charge in [0.15, 0.2) is 0 Å². The molecule has 2 aromatic rings. The number of nitrogens with two attached hydrogens (primary N) is 1. The lowest BCUT2D eigenvalue weighted by molar-refractivity contribution is 0.1000. The van der Waals surface area contributed by atoms with E-state index in [2.05, 4.69) is 4.98 Å². The number of hydrogen-bond donors (Lipinski definition) is 2. The normalized spacial score (nSPS) is 10.2. The van der Waals surface area contributed by atoms with E-state index in [0.717, 1.165) is 22.7 Å². The number of H-pyrrole nitrogens is 1. The Morgan fingerprint density at radius 1 is 1.35 bits per heavy atom. The first-order valence-corrected chi connectivity index (χ1v) is 5.26. The molecule has 1 aromatic carbocycles. The van der Waals surface area contributed by atoms with Crippen molar-refractivity contribution in [3.8, 4) is 17.0 Å². The van der Waals surface area contributed by atoms with E-state index in [1.807, 2.05) is 31.2 Å². The van der Waals surface area contributed by atoms with E-state index < -0.39 is 5.91 Å². The lowest BCUT2D eigenvalue weighted by atomic mass is 10.1. The number of hydrogen-bond acceptors (Lipinski definition) is 2. The van der Waals surface area contributed by atoms with Gasteiger partial charge in [-0.2, -0.15) is 0 Å². The SMILES string of the molecule is COc1ccccc1-c1cc(C(N)=O)c(C)[nH]1. The molecule has 0 aliphatic rings.